The van der Waals surface area contributed by atoms with Gasteiger partial charge in [-0.1, -0.05) is 0 Å². The Bertz CT molecular complexity index is 440. The second-order valence-corrected chi connectivity index (χ2v) is 4.60. The first-order chi connectivity index (χ1) is 8.91. The molecule has 1 N–H and O–H groups in total. The van der Waals surface area contributed by atoms with E-state index < -0.39 is 0 Å². The van der Waals surface area contributed by atoms with Crippen molar-refractivity contribution in [3.05, 3.63) is 23.9 Å². The van der Waals surface area contributed by atoms with Gasteiger partial charge in [0, 0.05) is 47.4 Å². The molecule has 0 unspecified atom stereocenters. The Balaban J connectivity index is 2.49. The Labute approximate surface area is 113 Å². The van der Waals surface area contributed by atoms with Crippen molar-refractivity contribution in [1.82, 2.24) is 14.8 Å². The molecule has 0 aliphatic heterocycles. The van der Waals surface area contributed by atoms with Gasteiger partial charge < -0.3 is 15.1 Å². The average Bonchev–Trinajstić information content (AvgIpc) is 2.38. The summed E-state index contributed by atoms with van der Waals surface area (Å²) < 4.78 is 0. The van der Waals surface area contributed by atoms with Gasteiger partial charge in [0.15, 0.2) is 0 Å². The molecule has 104 valence electrons. The number of amides is 2. The number of aromatic nitrogens is 1. The van der Waals surface area contributed by atoms with Gasteiger partial charge in [0.05, 0.1) is 5.56 Å². The van der Waals surface area contributed by atoms with Crippen molar-refractivity contribution in [1.29, 1.82) is 0 Å². The fourth-order valence-corrected chi connectivity index (χ4v) is 1.40. The van der Waals surface area contributed by atoms with Gasteiger partial charge in [-0.05, 0) is 12.1 Å². The number of hydrogen-bond donors (Lipinski definition) is 1. The largest absolute Gasteiger partial charge is 0.370 e. The lowest BCUT2D eigenvalue weighted by atomic mass is 10.2. The van der Waals surface area contributed by atoms with Crippen molar-refractivity contribution in [3.63, 3.8) is 0 Å². The van der Waals surface area contributed by atoms with Crippen LogP contribution in [0.5, 0.6) is 0 Å². The van der Waals surface area contributed by atoms with Gasteiger partial charge in [-0.3, -0.25) is 9.59 Å². The molecule has 0 aromatic carbocycles. The van der Waals surface area contributed by atoms with E-state index in [2.05, 4.69) is 10.3 Å². The van der Waals surface area contributed by atoms with E-state index in [4.69, 9.17) is 0 Å². The summed E-state index contributed by atoms with van der Waals surface area (Å²) in [5.41, 5.74) is 0.542. The summed E-state index contributed by atoms with van der Waals surface area (Å²) >= 11 is 0. The predicted octanol–water partition coefficient (Wildman–Crippen LogP) is 0.674. The minimum absolute atomic E-state index is 0.0619. The second-order valence-electron chi connectivity index (χ2n) is 4.60. The van der Waals surface area contributed by atoms with Gasteiger partial charge >= 0.3 is 0 Å². The highest BCUT2D eigenvalue weighted by atomic mass is 16.2. The molecule has 0 radical (unpaired) electrons. The van der Waals surface area contributed by atoms with E-state index in [1.165, 1.54) is 11.1 Å². The van der Waals surface area contributed by atoms with E-state index in [-0.39, 0.29) is 11.8 Å². The first-order valence-electron chi connectivity index (χ1n) is 6.03. The molecule has 0 fully saturated rings. The van der Waals surface area contributed by atoms with Crippen molar-refractivity contribution in [2.24, 2.45) is 0 Å². The third kappa shape index (κ3) is 4.57. The Kier molecular flexibility index (Phi) is 5.29. The number of hydrogen-bond acceptors (Lipinski definition) is 4. The Morgan fingerprint density at radius 3 is 2.32 bits per heavy atom. The number of nitrogens with one attached hydrogen (secondary N) is 1. The molecule has 1 aromatic heterocycles. The van der Waals surface area contributed by atoms with Crippen LogP contribution in [-0.4, -0.2) is 61.3 Å². The molecular weight excluding hydrogens is 244 g/mol. The van der Waals surface area contributed by atoms with Crippen LogP contribution in [0.3, 0.4) is 0 Å². The molecule has 6 heteroatoms. The average molecular weight is 264 g/mol. The van der Waals surface area contributed by atoms with Crippen LogP contribution in [0.25, 0.3) is 0 Å². The van der Waals surface area contributed by atoms with Gasteiger partial charge in [-0.2, -0.15) is 0 Å². The molecule has 2 amide bonds. The molecule has 0 aliphatic carbocycles. The van der Waals surface area contributed by atoms with E-state index >= 15 is 0 Å². The molecule has 6 nitrogen and oxygen atoms in total. The molecule has 1 heterocycles. The molecule has 19 heavy (non-hydrogen) atoms. The van der Waals surface area contributed by atoms with Gasteiger partial charge in [-0.25, -0.2) is 4.98 Å². The molecule has 0 aliphatic rings. The van der Waals surface area contributed by atoms with Crippen LogP contribution in [0.15, 0.2) is 18.3 Å². The Morgan fingerprint density at radius 1 is 1.16 bits per heavy atom. The van der Waals surface area contributed by atoms with Crippen LogP contribution < -0.4 is 5.32 Å². The zero-order valence-electron chi connectivity index (χ0n) is 11.8. The number of nitrogens with zero attached hydrogens (tertiary/aromatic N) is 3. The number of anilines is 1. The number of carbonyl (C=O) groups excluding carboxylic acids is 2. The van der Waals surface area contributed by atoms with Crippen molar-refractivity contribution in [3.8, 4) is 0 Å². The van der Waals surface area contributed by atoms with Gasteiger partial charge in [0.1, 0.15) is 5.82 Å². The lowest BCUT2D eigenvalue weighted by molar-refractivity contribution is -0.128. The molecule has 1 aromatic rings. The summed E-state index contributed by atoms with van der Waals surface area (Å²) in [6.07, 6.45) is 1.94. The highest BCUT2D eigenvalue weighted by Crippen LogP contribution is 2.06. The summed E-state index contributed by atoms with van der Waals surface area (Å²) in [5.74, 6) is 0.635. The van der Waals surface area contributed by atoms with E-state index in [1.807, 2.05) is 0 Å². The predicted molar refractivity (Wildman–Crippen MR) is 74.1 cm³/mol. The van der Waals surface area contributed by atoms with Crippen LogP contribution in [0.4, 0.5) is 5.82 Å². The number of pyridine rings is 1. The highest BCUT2D eigenvalue weighted by molar-refractivity contribution is 5.93. The fourth-order valence-electron chi connectivity index (χ4n) is 1.40. The maximum atomic E-state index is 11.6. The fraction of sp³-hybridized carbons (Fsp3) is 0.462. The summed E-state index contributed by atoms with van der Waals surface area (Å²) in [4.78, 5) is 30.2. The van der Waals surface area contributed by atoms with Crippen molar-refractivity contribution >= 4 is 17.6 Å². The van der Waals surface area contributed by atoms with Crippen molar-refractivity contribution < 1.29 is 9.59 Å². The SMILES string of the molecule is CN(C)C(=O)CCNc1ccc(C(=O)N(C)C)cn1. The normalized spacial score (nSPS) is 9.89. The van der Waals surface area contributed by atoms with Crippen LogP contribution in [0.2, 0.25) is 0 Å². The topological polar surface area (TPSA) is 65.5 Å². The maximum Gasteiger partial charge on any atom is 0.254 e. The third-order valence-corrected chi connectivity index (χ3v) is 2.56. The maximum absolute atomic E-state index is 11.6. The molecule has 0 bridgehead atoms. The standard InChI is InChI=1S/C13H20N4O2/c1-16(2)12(18)7-8-14-11-6-5-10(9-15-11)13(19)17(3)4/h5-6,9H,7-8H2,1-4H3,(H,14,15). The van der Waals surface area contributed by atoms with E-state index in [0.717, 1.165) is 0 Å². The van der Waals surface area contributed by atoms with E-state index in [9.17, 15) is 9.59 Å². The zero-order valence-corrected chi connectivity index (χ0v) is 11.8. The highest BCUT2D eigenvalue weighted by Gasteiger charge is 2.08. The molecular formula is C13H20N4O2. The van der Waals surface area contributed by atoms with E-state index in [0.29, 0.717) is 24.3 Å². The minimum atomic E-state index is -0.0816. The van der Waals surface area contributed by atoms with Crippen LogP contribution in [0, 0.1) is 0 Å². The molecule has 1 rings (SSSR count). The van der Waals surface area contributed by atoms with Crippen molar-refractivity contribution in [2.45, 2.75) is 6.42 Å². The Morgan fingerprint density at radius 2 is 1.84 bits per heavy atom. The van der Waals surface area contributed by atoms with Crippen LogP contribution >= 0.6 is 0 Å². The molecule has 0 saturated heterocycles. The van der Waals surface area contributed by atoms with Gasteiger partial charge in [0.2, 0.25) is 5.91 Å². The summed E-state index contributed by atoms with van der Waals surface area (Å²) in [5, 5.41) is 3.04. The smallest absolute Gasteiger partial charge is 0.254 e. The Hall–Kier alpha value is -2.11. The molecule has 0 saturated carbocycles. The molecule has 0 spiro atoms. The lowest BCUT2D eigenvalue weighted by Crippen LogP contribution is -2.24. The monoisotopic (exact) mass is 264 g/mol. The molecule has 0 atom stereocenters. The van der Waals surface area contributed by atoms with Crippen LogP contribution in [0.1, 0.15) is 16.8 Å². The van der Waals surface area contributed by atoms with Gasteiger partial charge in [0.25, 0.3) is 5.91 Å². The third-order valence-electron chi connectivity index (χ3n) is 2.56. The first-order valence-corrected chi connectivity index (χ1v) is 6.03. The first kappa shape index (κ1) is 14.9. The zero-order chi connectivity index (χ0) is 14.4. The minimum Gasteiger partial charge on any atom is -0.370 e. The van der Waals surface area contributed by atoms with Crippen molar-refractivity contribution in [2.75, 3.05) is 40.1 Å². The quantitative estimate of drug-likeness (QED) is 0.849. The van der Waals surface area contributed by atoms with Gasteiger partial charge in [-0.15, -0.1) is 0 Å². The summed E-state index contributed by atoms with van der Waals surface area (Å²) in [6.45, 7) is 0.519. The number of rotatable bonds is 5. The number of carbonyl (C=O) groups is 2. The van der Waals surface area contributed by atoms with Crippen LogP contribution in [-0.2, 0) is 4.79 Å². The second kappa shape index (κ2) is 6.72. The van der Waals surface area contributed by atoms with E-state index in [1.54, 1.807) is 45.2 Å². The lowest BCUT2D eigenvalue weighted by Gasteiger charge is -2.12. The summed E-state index contributed by atoms with van der Waals surface area (Å²) in [6, 6.07) is 3.45. The summed E-state index contributed by atoms with van der Waals surface area (Å²) in [7, 11) is 6.84.